The summed E-state index contributed by atoms with van der Waals surface area (Å²) in [5, 5.41) is 16.7. The quantitative estimate of drug-likeness (QED) is 0.187. The highest BCUT2D eigenvalue weighted by Gasteiger charge is 2.41. The SMILES string of the molecule is CCn1c(-c2cnccc2COC)c2c3cc(ccc31)-c1cc(O)cc(c1)C[C@H](NC(=O)[C@H](C(C)C)N(C)C(=O)[C@@H]1CCCN(C)C1)C(=O)N1CCC[C@H](N1)[N+](=O)OCC(C)(C)C2. The number of phenolic OH excluding ortho intramolecular Hbond substituents is 1. The van der Waals surface area contributed by atoms with Gasteiger partial charge in [0.1, 0.15) is 17.8 Å². The van der Waals surface area contributed by atoms with Crippen molar-refractivity contribution in [1.29, 1.82) is 0 Å². The maximum Gasteiger partial charge on any atom is 0.326 e. The second kappa shape index (κ2) is 19.2. The third kappa shape index (κ3) is 9.90. The van der Waals surface area contributed by atoms with Crippen molar-refractivity contribution in [3.05, 3.63) is 76.5 Å². The number of pyridine rings is 1. The molecule has 3 aliphatic rings. The molecule has 2 fully saturated rings. The smallest absolute Gasteiger partial charge is 0.326 e. The first-order chi connectivity index (χ1) is 30.1. The summed E-state index contributed by atoms with van der Waals surface area (Å²) in [5.74, 6) is -1.47. The first-order valence-electron chi connectivity index (χ1n) is 22.4. The molecule has 15 heteroatoms. The summed E-state index contributed by atoms with van der Waals surface area (Å²) in [6, 6.07) is 11.6. The van der Waals surface area contributed by atoms with E-state index in [1.165, 1.54) is 5.01 Å². The van der Waals surface area contributed by atoms with Crippen molar-refractivity contribution in [1.82, 2.24) is 35.1 Å². The summed E-state index contributed by atoms with van der Waals surface area (Å²) < 4.78 is 7.93. The Morgan fingerprint density at radius 3 is 2.62 bits per heavy atom. The van der Waals surface area contributed by atoms with Gasteiger partial charge in [0.2, 0.25) is 16.7 Å². The van der Waals surface area contributed by atoms with Gasteiger partial charge in [-0.3, -0.25) is 24.4 Å². The summed E-state index contributed by atoms with van der Waals surface area (Å²) in [6.07, 6.45) is 5.97. The summed E-state index contributed by atoms with van der Waals surface area (Å²) in [4.78, 5) is 71.6. The Labute approximate surface area is 370 Å². The van der Waals surface area contributed by atoms with Gasteiger partial charge in [0.05, 0.1) is 23.1 Å². The van der Waals surface area contributed by atoms with Crippen molar-refractivity contribution in [3.63, 3.8) is 0 Å². The molecule has 4 aromatic rings. The van der Waals surface area contributed by atoms with Crippen LogP contribution < -0.4 is 10.7 Å². The first kappa shape index (κ1) is 45.6. The number of piperidine rings is 1. The number of carbonyl (C=O) groups excluding carboxylic acids is 3. The van der Waals surface area contributed by atoms with E-state index in [1.807, 2.05) is 45.3 Å². The van der Waals surface area contributed by atoms with Crippen LogP contribution in [0.1, 0.15) is 77.0 Å². The highest BCUT2D eigenvalue weighted by molar-refractivity contribution is 5.96. The molecule has 0 radical (unpaired) electrons. The van der Waals surface area contributed by atoms with Crippen LogP contribution in [0, 0.1) is 22.2 Å². The van der Waals surface area contributed by atoms with Crippen LogP contribution in [0.5, 0.6) is 5.75 Å². The zero-order valence-corrected chi connectivity index (χ0v) is 38.1. The number of ether oxygens (including phenoxy) is 1. The number of carbonyl (C=O) groups is 3. The normalized spacial score (nSPS) is 21.5. The van der Waals surface area contributed by atoms with Crippen molar-refractivity contribution in [2.24, 2.45) is 17.3 Å². The van der Waals surface area contributed by atoms with E-state index in [4.69, 9.17) is 9.57 Å². The third-order valence-electron chi connectivity index (χ3n) is 12.9. The first-order valence-corrected chi connectivity index (χ1v) is 22.4. The van der Waals surface area contributed by atoms with E-state index in [2.05, 4.69) is 58.1 Å². The number of hydrogen-bond donors (Lipinski definition) is 3. The van der Waals surface area contributed by atoms with Crippen LogP contribution in [0.4, 0.5) is 0 Å². The van der Waals surface area contributed by atoms with Crippen LogP contribution in [-0.4, -0.2) is 118 Å². The number of likely N-dealkylation sites (tertiary alicyclic amines) is 1. The average Bonchev–Trinajstić information content (AvgIpc) is 3.55. The molecule has 2 saturated heterocycles. The third-order valence-corrected chi connectivity index (χ3v) is 12.9. The number of benzene rings is 2. The Morgan fingerprint density at radius 1 is 1.11 bits per heavy atom. The number of hydrogen-bond acceptors (Lipinski definition) is 10. The van der Waals surface area contributed by atoms with E-state index < -0.39 is 35.5 Å². The second-order valence-corrected chi connectivity index (χ2v) is 18.8. The number of aromatic nitrogens is 2. The molecule has 63 heavy (non-hydrogen) atoms. The summed E-state index contributed by atoms with van der Waals surface area (Å²) in [5.41, 5.74) is 9.85. The number of aromatic hydroxyl groups is 1. The molecule has 6 bridgehead atoms. The number of nitrogens with zero attached hydrogens (tertiary/aromatic N) is 6. The molecule has 4 atom stereocenters. The zero-order chi connectivity index (χ0) is 45.2. The van der Waals surface area contributed by atoms with Crippen LogP contribution in [0.3, 0.4) is 0 Å². The molecule has 0 spiro atoms. The van der Waals surface area contributed by atoms with Crippen LogP contribution in [-0.2, 0) is 50.0 Å². The number of phenols is 1. The number of rotatable bonds is 9. The Hall–Kier alpha value is -5.38. The van der Waals surface area contributed by atoms with E-state index >= 15 is 0 Å². The van der Waals surface area contributed by atoms with Gasteiger partial charge >= 0.3 is 6.17 Å². The average molecular weight is 866 g/mol. The number of methoxy groups -OCH3 is 1. The Kier molecular flexibility index (Phi) is 13.9. The molecular formula is C48H65N8O7+. The lowest BCUT2D eigenvalue weighted by atomic mass is 9.84. The number of nitrogens with one attached hydrogen (secondary N) is 2. The standard InChI is InChI=1S/C48H64N8O7/c1-9-54-41-15-14-32-24-37(41)38(44(54)39-26-49-17-16-34(39)28-62-8)25-48(4,5)29-63-56(61)42-13-11-19-55(51-42)47(60)40(22-31-20-35(32)23-36(57)21-31)50-45(58)43(30(2)3)53(7)46(59)33-12-10-18-52(6)27-33/h14-17,20-21,23-24,26,30,33,40,42-43,51H,9-13,18-19,22,25,27-29H2,1-8H3,(H-,50,57,58)/p+1/t33-,40+,42-,43+/m1/s1. The molecule has 15 nitrogen and oxygen atoms in total. The molecule has 3 aliphatic heterocycles. The molecular weight excluding hydrogens is 801 g/mol. The highest BCUT2D eigenvalue weighted by atomic mass is 16.8. The van der Waals surface area contributed by atoms with E-state index in [0.29, 0.717) is 56.0 Å². The number of amides is 3. The van der Waals surface area contributed by atoms with E-state index in [9.17, 15) is 24.4 Å². The van der Waals surface area contributed by atoms with Gasteiger partial charge in [0.25, 0.3) is 5.91 Å². The van der Waals surface area contributed by atoms with E-state index in [0.717, 1.165) is 63.8 Å². The molecule has 5 heterocycles. The maximum absolute atomic E-state index is 14.7. The summed E-state index contributed by atoms with van der Waals surface area (Å²) in [6.45, 7) is 13.1. The van der Waals surface area contributed by atoms with Crippen molar-refractivity contribution >= 4 is 28.6 Å². The summed E-state index contributed by atoms with van der Waals surface area (Å²) in [7, 11) is 5.35. The molecule has 3 amide bonds. The van der Waals surface area contributed by atoms with Crippen molar-refractivity contribution in [2.45, 2.75) is 105 Å². The molecule has 0 unspecified atom stereocenters. The number of hydrazine groups is 1. The van der Waals surface area contributed by atoms with Gasteiger partial charge in [-0.05, 0) is 110 Å². The van der Waals surface area contributed by atoms with Crippen molar-refractivity contribution in [2.75, 3.05) is 47.4 Å². The molecule has 3 N–H and O–H groups in total. The van der Waals surface area contributed by atoms with E-state index in [1.54, 1.807) is 37.4 Å². The fraction of sp³-hybridized carbons (Fsp3) is 0.542. The minimum Gasteiger partial charge on any atom is -0.508 e. The Bertz CT molecular complexity index is 2340. The van der Waals surface area contributed by atoms with Crippen molar-refractivity contribution < 1.29 is 34.0 Å². The Morgan fingerprint density at radius 2 is 1.89 bits per heavy atom. The van der Waals surface area contributed by atoms with Crippen LogP contribution >= 0.6 is 0 Å². The number of aryl methyl sites for hydroxylation is 1. The number of likely N-dealkylation sites (N-methyl/N-ethyl adjacent to an activating group) is 1. The van der Waals surface area contributed by atoms with Gasteiger partial charge in [-0.1, -0.05) is 39.8 Å². The van der Waals surface area contributed by atoms with E-state index in [-0.39, 0.29) is 36.5 Å². The predicted molar refractivity (Wildman–Crippen MR) is 241 cm³/mol. The van der Waals surface area contributed by atoms with Gasteiger partial charge in [0, 0.05) is 80.9 Å². The van der Waals surface area contributed by atoms with Crippen LogP contribution in [0.2, 0.25) is 0 Å². The number of fused-ring (bicyclic) bond motifs is 6. The van der Waals surface area contributed by atoms with Gasteiger partial charge in [0.15, 0.2) is 6.61 Å². The topological polar surface area (TPSA) is 162 Å². The minimum absolute atomic E-state index is 0.0143. The predicted octanol–water partition coefficient (Wildman–Crippen LogP) is 5.84. The molecule has 0 saturated carbocycles. The van der Waals surface area contributed by atoms with Gasteiger partial charge in [-0.15, -0.1) is 0 Å². The van der Waals surface area contributed by atoms with Crippen LogP contribution in [0.15, 0.2) is 54.9 Å². The molecule has 338 valence electrons. The van der Waals surface area contributed by atoms with Crippen LogP contribution in [0.25, 0.3) is 33.3 Å². The lowest BCUT2D eigenvalue weighted by Crippen LogP contribution is -2.62. The van der Waals surface area contributed by atoms with Gasteiger partial charge in [-0.25, -0.2) is 4.84 Å². The van der Waals surface area contributed by atoms with Crippen molar-refractivity contribution in [3.8, 4) is 28.1 Å². The zero-order valence-electron chi connectivity index (χ0n) is 38.1. The Balaban J connectivity index is 1.32. The molecule has 7 rings (SSSR count). The summed E-state index contributed by atoms with van der Waals surface area (Å²) >= 11 is 0. The fourth-order valence-corrected chi connectivity index (χ4v) is 9.83. The molecule has 0 aliphatic carbocycles. The molecule has 2 aromatic heterocycles. The molecule has 2 aromatic carbocycles. The van der Waals surface area contributed by atoms with Gasteiger partial charge < -0.3 is 29.5 Å². The lowest BCUT2D eigenvalue weighted by molar-refractivity contribution is -0.835. The maximum atomic E-state index is 14.7. The fourth-order valence-electron chi connectivity index (χ4n) is 9.83. The van der Waals surface area contributed by atoms with Gasteiger partial charge in [-0.2, -0.15) is 5.43 Å². The monoisotopic (exact) mass is 865 g/mol. The lowest BCUT2D eigenvalue weighted by Gasteiger charge is -2.37. The largest absolute Gasteiger partial charge is 0.508 e. The second-order valence-electron chi connectivity index (χ2n) is 18.8. The minimum atomic E-state index is -1.11. The highest BCUT2D eigenvalue weighted by Crippen LogP contribution is 2.41.